The van der Waals surface area contributed by atoms with E-state index in [1.54, 1.807) is 0 Å². The molecular formula is C85H163NO13. The van der Waals surface area contributed by atoms with Crippen molar-refractivity contribution < 1.29 is 64.6 Å². The third-order valence-corrected chi connectivity index (χ3v) is 21.4. The number of amides is 1. The summed E-state index contributed by atoms with van der Waals surface area (Å²) in [5.74, 6) is -0.196. The molecule has 2 fully saturated rings. The van der Waals surface area contributed by atoms with Crippen LogP contribution in [0.3, 0.4) is 0 Å². The summed E-state index contributed by atoms with van der Waals surface area (Å²) in [7, 11) is 0. The van der Waals surface area contributed by atoms with Gasteiger partial charge in [0, 0.05) is 6.42 Å². The zero-order chi connectivity index (χ0) is 71.5. The van der Waals surface area contributed by atoms with Crippen LogP contribution in [-0.2, 0) is 23.7 Å². The summed E-state index contributed by atoms with van der Waals surface area (Å²) < 4.78 is 23.0. The number of unbranched alkanes of at least 4 members (excludes halogenated alkanes) is 57. The quantitative estimate of drug-likeness (QED) is 0.0204. The molecule has 0 spiro atoms. The molecule has 2 heterocycles. The second-order valence-electron chi connectivity index (χ2n) is 30.7. The van der Waals surface area contributed by atoms with Crippen LogP contribution in [0.5, 0.6) is 0 Å². The predicted octanol–water partition coefficient (Wildman–Crippen LogP) is 20.2. The minimum absolute atomic E-state index is 0.196. The molecule has 0 aromatic rings. The summed E-state index contributed by atoms with van der Waals surface area (Å²) in [6.45, 7) is 2.93. The monoisotopic (exact) mass is 1410 g/mol. The van der Waals surface area contributed by atoms with Gasteiger partial charge in [0.15, 0.2) is 12.6 Å². The lowest BCUT2D eigenvalue weighted by atomic mass is 9.97. The number of rotatable bonds is 74. The van der Waals surface area contributed by atoms with Crippen molar-refractivity contribution in [2.75, 3.05) is 19.8 Å². The van der Waals surface area contributed by atoms with Crippen molar-refractivity contribution in [1.29, 1.82) is 0 Å². The molecule has 0 aliphatic carbocycles. The first kappa shape index (κ1) is 93.6. The van der Waals surface area contributed by atoms with E-state index >= 15 is 0 Å². The van der Waals surface area contributed by atoms with Crippen LogP contribution in [0.4, 0.5) is 0 Å². The predicted molar refractivity (Wildman–Crippen MR) is 411 cm³/mol. The van der Waals surface area contributed by atoms with Crippen molar-refractivity contribution in [3.05, 3.63) is 24.3 Å². The molecule has 14 heteroatoms. The second kappa shape index (κ2) is 69.5. The number of nitrogens with one attached hydrogen (secondary N) is 1. The molecule has 12 unspecified atom stereocenters. The van der Waals surface area contributed by atoms with E-state index in [9.17, 15) is 45.6 Å². The summed E-state index contributed by atoms with van der Waals surface area (Å²) in [6.07, 6.45) is 73.8. The minimum Gasteiger partial charge on any atom is -0.394 e. The van der Waals surface area contributed by atoms with Gasteiger partial charge in [0.2, 0.25) is 5.91 Å². The summed E-state index contributed by atoms with van der Waals surface area (Å²) in [5, 5.41) is 88.0. The molecule has 2 saturated heterocycles. The standard InChI is InChI=1S/C85H163NO13/c1-3-5-7-9-11-13-15-17-19-21-23-25-27-29-31-33-35-37-39-41-43-45-47-49-51-53-55-57-59-61-63-65-67-69-77(90)86-73(72-96-84-82(95)80(93)83(76(71-88)98-84)99-85-81(94)79(92)78(91)75(70-87)97-85)74(89)68-66-64-62-60-58-56-54-52-50-48-46-44-42-40-38-36-34-32-30-28-26-24-22-20-18-16-14-12-10-8-6-4-2/h15,17,21,23,73-76,78-85,87-89,91-95H,3-14,16,18-20,22,24-72H2,1-2H3,(H,86,90)/b17-15-,23-21-. The third kappa shape index (κ3) is 52.2. The van der Waals surface area contributed by atoms with E-state index in [4.69, 9.17) is 18.9 Å². The van der Waals surface area contributed by atoms with Gasteiger partial charge in [0.05, 0.1) is 32.0 Å². The van der Waals surface area contributed by atoms with Crippen molar-refractivity contribution in [3.8, 4) is 0 Å². The first-order valence-corrected chi connectivity index (χ1v) is 43.1. The Balaban J connectivity index is 1.57. The lowest BCUT2D eigenvalue weighted by Gasteiger charge is -2.46. The van der Waals surface area contributed by atoms with Gasteiger partial charge in [-0.3, -0.25) is 4.79 Å². The Hall–Kier alpha value is -1.53. The van der Waals surface area contributed by atoms with Gasteiger partial charge < -0.3 is 65.1 Å². The Morgan fingerprint density at radius 3 is 1.01 bits per heavy atom. The molecule has 2 rings (SSSR count). The number of aliphatic hydroxyl groups excluding tert-OH is 8. The lowest BCUT2D eigenvalue weighted by Crippen LogP contribution is -2.65. The molecule has 0 aromatic heterocycles. The molecule has 2 aliphatic rings. The van der Waals surface area contributed by atoms with Crippen LogP contribution in [0.1, 0.15) is 418 Å². The maximum absolute atomic E-state index is 13.4. The molecule has 586 valence electrons. The van der Waals surface area contributed by atoms with Crippen LogP contribution < -0.4 is 5.32 Å². The topological polar surface area (TPSA) is 228 Å². The summed E-state index contributed by atoms with van der Waals surface area (Å²) >= 11 is 0. The third-order valence-electron chi connectivity index (χ3n) is 21.4. The molecule has 2 aliphatic heterocycles. The first-order chi connectivity index (χ1) is 48.6. The molecule has 0 saturated carbocycles. The number of carbonyl (C=O) groups excluding carboxylic acids is 1. The Kier molecular flexibility index (Phi) is 65.7. The van der Waals surface area contributed by atoms with Crippen LogP contribution in [-0.4, -0.2) is 140 Å². The van der Waals surface area contributed by atoms with E-state index in [1.165, 1.54) is 334 Å². The minimum atomic E-state index is -1.78. The maximum Gasteiger partial charge on any atom is 0.220 e. The van der Waals surface area contributed by atoms with E-state index in [2.05, 4.69) is 43.5 Å². The smallest absolute Gasteiger partial charge is 0.220 e. The molecule has 99 heavy (non-hydrogen) atoms. The first-order valence-electron chi connectivity index (χ1n) is 43.1. The van der Waals surface area contributed by atoms with Gasteiger partial charge in [-0.05, 0) is 44.9 Å². The number of carbonyl (C=O) groups is 1. The molecular weight excluding hydrogens is 1240 g/mol. The van der Waals surface area contributed by atoms with Crippen molar-refractivity contribution in [3.63, 3.8) is 0 Å². The fourth-order valence-electron chi connectivity index (χ4n) is 14.6. The summed E-state index contributed by atoms with van der Waals surface area (Å²) in [5.41, 5.74) is 0. The highest BCUT2D eigenvalue weighted by Crippen LogP contribution is 2.31. The maximum atomic E-state index is 13.4. The van der Waals surface area contributed by atoms with Gasteiger partial charge in [-0.25, -0.2) is 0 Å². The van der Waals surface area contributed by atoms with Crippen molar-refractivity contribution in [2.45, 2.75) is 492 Å². The Labute approximate surface area is 609 Å². The van der Waals surface area contributed by atoms with Crippen LogP contribution in [0.25, 0.3) is 0 Å². The number of ether oxygens (including phenoxy) is 4. The fourth-order valence-corrected chi connectivity index (χ4v) is 14.6. The molecule has 12 atom stereocenters. The number of hydrogen-bond acceptors (Lipinski definition) is 13. The van der Waals surface area contributed by atoms with E-state index in [-0.39, 0.29) is 12.5 Å². The van der Waals surface area contributed by atoms with Gasteiger partial charge in [-0.2, -0.15) is 0 Å². The van der Waals surface area contributed by atoms with Gasteiger partial charge in [-0.1, -0.05) is 391 Å². The van der Waals surface area contributed by atoms with Gasteiger partial charge in [-0.15, -0.1) is 0 Å². The Morgan fingerprint density at radius 2 is 0.667 bits per heavy atom. The average Bonchev–Trinajstić information content (AvgIpc) is 0.793. The number of aliphatic hydroxyl groups is 8. The molecule has 0 aromatic carbocycles. The highest BCUT2D eigenvalue weighted by Gasteiger charge is 2.51. The Morgan fingerprint density at radius 1 is 0.364 bits per heavy atom. The summed E-state index contributed by atoms with van der Waals surface area (Å²) in [4.78, 5) is 13.4. The SMILES string of the molecule is CCCCCCC/C=C\C/C=C\CCCCCCCCCCCCCCCCCCCCCCCC(=O)NC(COC1OC(CO)C(OC2OC(CO)C(O)C(O)C2O)C(O)C1O)C(O)CCCCCCCCCCCCCCCCCCCCCCCCCCCCCCCCCC. The number of hydrogen-bond donors (Lipinski definition) is 9. The average molecular weight is 1410 g/mol. The lowest BCUT2D eigenvalue weighted by molar-refractivity contribution is -0.359. The zero-order valence-corrected chi connectivity index (χ0v) is 64.5. The van der Waals surface area contributed by atoms with Gasteiger partial charge >= 0.3 is 0 Å². The van der Waals surface area contributed by atoms with Crippen molar-refractivity contribution in [2.24, 2.45) is 0 Å². The van der Waals surface area contributed by atoms with E-state index in [0.717, 1.165) is 57.8 Å². The summed E-state index contributed by atoms with van der Waals surface area (Å²) in [6, 6.07) is -0.829. The van der Waals surface area contributed by atoms with Gasteiger partial charge in [0.1, 0.15) is 48.8 Å². The Bertz CT molecular complexity index is 1760. The van der Waals surface area contributed by atoms with E-state index in [1.807, 2.05) is 0 Å². The van der Waals surface area contributed by atoms with Gasteiger partial charge in [0.25, 0.3) is 0 Å². The zero-order valence-electron chi connectivity index (χ0n) is 64.5. The van der Waals surface area contributed by atoms with Crippen LogP contribution >= 0.6 is 0 Å². The van der Waals surface area contributed by atoms with Crippen molar-refractivity contribution >= 4 is 5.91 Å². The highest BCUT2D eigenvalue weighted by molar-refractivity contribution is 5.76. The van der Waals surface area contributed by atoms with E-state index < -0.39 is 86.8 Å². The number of allylic oxidation sites excluding steroid dienone is 4. The molecule has 0 radical (unpaired) electrons. The molecule has 0 bridgehead atoms. The second-order valence-corrected chi connectivity index (χ2v) is 30.7. The molecule has 14 nitrogen and oxygen atoms in total. The van der Waals surface area contributed by atoms with Crippen LogP contribution in [0.15, 0.2) is 24.3 Å². The molecule has 9 N–H and O–H groups in total. The normalized spacial score (nSPS) is 22.0. The highest BCUT2D eigenvalue weighted by atomic mass is 16.7. The fraction of sp³-hybridized carbons (Fsp3) is 0.941. The van der Waals surface area contributed by atoms with Crippen molar-refractivity contribution in [1.82, 2.24) is 5.32 Å². The largest absolute Gasteiger partial charge is 0.394 e. The van der Waals surface area contributed by atoms with Crippen LogP contribution in [0.2, 0.25) is 0 Å². The van der Waals surface area contributed by atoms with E-state index in [0.29, 0.717) is 12.8 Å². The van der Waals surface area contributed by atoms with Crippen LogP contribution in [0, 0.1) is 0 Å². The molecule has 1 amide bonds.